The van der Waals surface area contributed by atoms with Crippen LogP contribution >= 0.6 is 23.4 Å². The molecule has 0 heterocycles. The van der Waals surface area contributed by atoms with E-state index in [9.17, 15) is 9.59 Å². The van der Waals surface area contributed by atoms with Gasteiger partial charge in [0.2, 0.25) is 5.91 Å². The number of anilines is 1. The van der Waals surface area contributed by atoms with Crippen molar-refractivity contribution in [2.45, 2.75) is 6.92 Å². The number of thioether (sulfide) groups is 1. The molecule has 0 aliphatic carbocycles. The molecule has 1 aromatic carbocycles. The Bertz CT molecular complexity index is 437. The molecule has 0 aliphatic heterocycles. The molecule has 0 unspecified atom stereocenters. The number of amides is 1. The van der Waals surface area contributed by atoms with Gasteiger partial charge in [0.25, 0.3) is 0 Å². The summed E-state index contributed by atoms with van der Waals surface area (Å²) in [6, 6.07) is 5.21. The minimum Gasteiger partial charge on any atom is -0.481 e. The largest absolute Gasteiger partial charge is 0.481 e. The van der Waals surface area contributed by atoms with E-state index in [1.54, 1.807) is 12.1 Å². The molecule has 0 spiro atoms. The van der Waals surface area contributed by atoms with Crippen LogP contribution in [0.1, 0.15) is 5.56 Å². The number of aryl methyl sites for hydroxylation is 1. The first-order valence-corrected chi connectivity index (χ1v) is 6.38. The van der Waals surface area contributed by atoms with Gasteiger partial charge in [-0.3, -0.25) is 9.59 Å². The van der Waals surface area contributed by atoms with Gasteiger partial charge in [0.15, 0.2) is 0 Å². The fourth-order valence-electron chi connectivity index (χ4n) is 1.15. The van der Waals surface area contributed by atoms with Crippen LogP contribution < -0.4 is 5.32 Å². The van der Waals surface area contributed by atoms with Gasteiger partial charge in [-0.15, -0.1) is 11.8 Å². The Morgan fingerprint density at radius 1 is 1.41 bits per heavy atom. The van der Waals surface area contributed by atoms with E-state index in [4.69, 9.17) is 16.7 Å². The number of carbonyl (C=O) groups excluding carboxylic acids is 1. The SMILES string of the molecule is Cc1ccc(Cl)cc1NC(=O)CSCC(=O)O. The summed E-state index contributed by atoms with van der Waals surface area (Å²) < 4.78 is 0. The quantitative estimate of drug-likeness (QED) is 0.865. The summed E-state index contributed by atoms with van der Waals surface area (Å²) in [5.74, 6) is -1.14. The number of carboxylic acid groups (broad SMARTS) is 1. The van der Waals surface area contributed by atoms with Crippen molar-refractivity contribution >= 4 is 40.9 Å². The Labute approximate surface area is 108 Å². The lowest BCUT2D eigenvalue weighted by molar-refractivity contribution is -0.133. The Hall–Kier alpha value is -1.20. The summed E-state index contributed by atoms with van der Waals surface area (Å²) in [5.41, 5.74) is 1.56. The number of carboxylic acids is 1. The Kier molecular flexibility index (Phi) is 5.31. The molecule has 0 bridgehead atoms. The molecular weight excluding hydrogens is 262 g/mol. The first-order valence-electron chi connectivity index (χ1n) is 4.84. The van der Waals surface area contributed by atoms with E-state index in [0.717, 1.165) is 17.3 Å². The molecule has 0 saturated carbocycles. The van der Waals surface area contributed by atoms with E-state index in [1.165, 1.54) is 0 Å². The summed E-state index contributed by atoms with van der Waals surface area (Å²) in [5, 5.41) is 11.7. The van der Waals surface area contributed by atoms with Gasteiger partial charge in [-0.05, 0) is 24.6 Å². The van der Waals surface area contributed by atoms with Crippen LogP contribution in [0.4, 0.5) is 5.69 Å². The topological polar surface area (TPSA) is 66.4 Å². The third-order valence-electron chi connectivity index (χ3n) is 1.93. The summed E-state index contributed by atoms with van der Waals surface area (Å²) in [4.78, 5) is 21.8. The predicted octanol–water partition coefficient (Wildman–Crippen LogP) is 2.40. The molecule has 6 heteroatoms. The molecule has 0 fully saturated rings. The van der Waals surface area contributed by atoms with Crippen LogP contribution in [0.2, 0.25) is 5.02 Å². The Balaban J connectivity index is 2.50. The minimum atomic E-state index is -0.929. The molecule has 1 aromatic rings. The number of carbonyl (C=O) groups is 2. The lowest BCUT2D eigenvalue weighted by Crippen LogP contribution is -2.16. The van der Waals surface area contributed by atoms with E-state index in [0.29, 0.717) is 10.7 Å². The van der Waals surface area contributed by atoms with Gasteiger partial charge >= 0.3 is 5.97 Å². The van der Waals surface area contributed by atoms with Crippen molar-refractivity contribution in [3.63, 3.8) is 0 Å². The normalized spacial score (nSPS) is 10.0. The number of rotatable bonds is 5. The smallest absolute Gasteiger partial charge is 0.313 e. The van der Waals surface area contributed by atoms with Crippen LogP contribution in [-0.4, -0.2) is 28.5 Å². The van der Waals surface area contributed by atoms with Gasteiger partial charge in [-0.25, -0.2) is 0 Å². The molecule has 0 atom stereocenters. The molecule has 1 rings (SSSR count). The molecule has 0 aliphatic rings. The Morgan fingerprint density at radius 2 is 2.12 bits per heavy atom. The van der Waals surface area contributed by atoms with Gasteiger partial charge in [-0.1, -0.05) is 17.7 Å². The van der Waals surface area contributed by atoms with Crippen molar-refractivity contribution in [3.05, 3.63) is 28.8 Å². The molecule has 1 amide bonds. The maximum atomic E-state index is 11.5. The molecule has 92 valence electrons. The molecule has 17 heavy (non-hydrogen) atoms. The molecule has 2 N–H and O–H groups in total. The number of benzene rings is 1. The molecule has 4 nitrogen and oxygen atoms in total. The fraction of sp³-hybridized carbons (Fsp3) is 0.273. The van der Waals surface area contributed by atoms with Crippen LogP contribution in [0, 0.1) is 6.92 Å². The third-order valence-corrected chi connectivity index (χ3v) is 3.08. The van der Waals surface area contributed by atoms with E-state index in [-0.39, 0.29) is 17.4 Å². The summed E-state index contributed by atoms with van der Waals surface area (Å²) in [7, 11) is 0. The summed E-state index contributed by atoms with van der Waals surface area (Å²) in [6.07, 6.45) is 0. The van der Waals surface area contributed by atoms with Gasteiger partial charge in [0.05, 0.1) is 11.5 Å². The lowest BCUT2D eigenvalue weighted by atomic mass is 10.2. The van der Waals surface area contributed by atoms with Crippen LogP contribution in [0.3, 0.4) is 0 Å². The number of aliphatic carboxylic acids is 1. The lowest BCUT2D eigenvalue weighted by Gasteiger charge is -2.08. The van der Waals surface area contributed by atoms with Crippen LogP contribution in [0.25, 0.3) is 0 Å². The maximum absolute atomic E-state index is 11.5. The van der Waals surface area contributed by atoms with E-state index >= 15 is 0 Å². The Morgan fingerprint density at radius 3 is 2.76 bits per heavy atom. The zero-order chi connectivity index (χ0) is 12.8. The van der Waals surface area contributed by atoms with Crippen molar-refractivity contribution in [1.82, 2.24) is 0 Å². The molecule has 0 saturated heterocycles. The second-order valence-corrected chi connectivity index (χ2v) is 4.82. The average molecular weight is 274 g/mol. The maximum Gasteiger partial charge on any atom is 0.313 e. The number of hydrogen-bond acceptors (Lipinski definition) is 3. The van der Waals surface area contributed by atoms with Gasteiger partial charge in [0, 0.05) is 10.7 Å². The highest BCUT2D eigenvalue weighted by Crippen LogP contribution is 2.20. The first-order chi connectivity index (χ1) is 7.99. The molecular formula is C11H12ClNO3S. The van der Waals surface area contributed by atoms with Gasteiger partial charge in [-0.2, -0.15) is 0 Å². The highest BCUT2D eigenvalue weighted by Gasteiger charge is 2.06. The first kappa shape index (κ1) is 13.9. The van der Waals surface area contributed by atoms with Crippen LogP contribution in [-0.2, 0) is 9.59 Å². The minimum absolute atomic E-state index is 0.0814. The number of halogens is 1. The van der Waals surface area contributed by atoms with Crippen molar-refractivity contribution in [2.24, 2.45) is 0 Å². The van der Waals surface area contributed by atoms with E-state index < -0.39 is 5.97 Å². The standard InChI is InChI=1S/C11H12ClNO3S/c1-7-2-3-8(12)4-9(7)13-10(14)5-17-6-11(15)16/h2-4H,5-6H2,1H3,(H,13,14)(H,15,16). The zero-order valence-corrected chi connectivity index (χ0v) is 10.8. The van der Waals surface area contributed by atoms with Crippen molar-refractivity contribution < 1.29 is 14.7 Å². The van der Waals surface area contributed by atoms with E-state index in [2.05, 4.69) is 5.32 Å². The number of hydrogen-bond donors (Lipinski definition) is 2. The van der Waals surface area contributed by atoms with Crippen molar-refractivity contribution in [1.29, 1.82) is 0 Å². The fourth-order valence-corrected chi connectivity index (χ4v) is 1.85. The highest BCUT2D eigenvalue weighted by molar-refractivity contribution is 8.00. The predicted molar refractivity (Wildman–Crippen MR) is 69.8 cm³/mol. The third kappa shape index (κ3) is 5.10. The number of nitrogens with one attached hydrogen (secondary N) is 1. The monoisotopic (exact) mass is 273 g/mol. The van der Waals surface area contributed by atoms with Gasteiger partial charge in [0.1, 0.15) is 0 Å². The van der Waals surface area contributed by atoms with E-state index in [1.807, 2.05) is 13.0 Å². The van der Waals surface area contributed by atoms with Crippen LogP contribution in [0.5, 0.6) is 0 Å². The average Bonchev–Trinajstić information content (AvgIpc) is 2.23. The van der Waals surface area contributed by atoms with Gasteiger partial charge < -0.3 is 10.4 Å². The van der Waals surface area contributed by atoms with Crippen LogP contribution in [0.15, 0.2) is 18.2 Å². The van der Waals surface area contributed by atoms with Crippen molar-refractivity contribution in [2.75, 3.05) is 16.8 Å². The molecule has 0 aromatic heterocycles. The highest BCUT2D eigenvalue weighted by atomic mass is 35.5. The second-order valence-electron chi connectivity index (χ2n) is 3.39. The molecule has 0 radical (unpaired) electrons. The summed E-state index contributed by atoms with van der Waals surface area (Å²) in [6.45, 7) is 1.86. The second kappa shape index (κ2) is 6.51. The van der Waals surface area contributed by atoms with Crippen molar-refractivity contribution in [3.8, 4) is 0 Å². The zero-order valence-electron chi connectivity index (χ0n) is 9.20. The summed E-state index contributed by atoms with van der Waals surface area (Å²) >= 11 is 6.87.